The summed E-state index contributed by atoms with van der Waals surface area (Å²) in [7, 11) is 0. The number of aromatic nitrogens is 3. The van der Waals surface area contributed by atoms with Crippen molar-refractivity contribution in [3.63, 3.8) is 0 Å². The Morgan fingerprint density at radius 1 is 1.32 bits per heavy atom. The number of hydrogen-bond acceptors (Lipinski definition) is 4. The maximum absolute atomic E-state index is 12.3. The average Bonchev–Trinajstić information content (AvgIpc) is 2.98. The first-order valence-corrected chi connectivity index (χ1v) is 8.49. The van der Waals surface area contributed by atoms with Gasteiger partial charge < -0.3 is 10.4 Å². The van der Waals surface area contributed by atoms with Gasteiger partial charge in [0.1, 0.15) is 0 Å². The van der Waals surface area contributed by atoms with E-state index in [-0.39, 0.29) is 18.7 Å². The summed E-state index contributed by atoms with van der Waals surface area (Å²) in [5.74, 6) is -0.962. The van der Waals surface area contributed by atoms with Gasteiger partial charge in [0, 0.05) is 6.54 Å². The van der Waals surface area contributed by atoms with E-state index in [2.05, 4.69) is 35.5 Å². The minimum atomic E-state index is -0.955. The summed E-state index contributed by atoms with van der Waals surface area (Å²) < 4.78 is 1.70. The molecule has 0 aliphatic carbocycles. The lowest BCUT2D eigenvalue weighted by molar-refractivity contribution is -0.136. The van der Waals surface area contributed by atoms with Gasteiger partial charge in [0.15, 0.2) is 5.69 Å². The van der Waals surface area contributed by atoms with E-state index >= 15 is 0 Å². The van der Waals surface area contributed by atoms with Crippen LogP contribution in [-0.2, 0) is 11.2 Å². The van der Waals surface area contributed by atoms with E-state index in [1.54, 1.807) is 4.68 Å². The number of nitrogens with zero attached hydrogens (tertiary/aromatic N) is 3. The Bertz CT molecular complexity index is 753. The third kappa shape index (κ3) is 4.65. The lowest BCUT2D eigenvalue weighted by Gasteiger charge is -2.10. The smallest absolute Gasteiger partial charge is 0.305 e. The first-order chi connectivity index (χ1) is 11.9. The quantitative estimate of drug-likeness (QED) is 0.767. The van der Waals surface area contributed by atoms with Gasteiger partial charge >= 0.3 is 5.97 Å². The predicted octanol–water partition coefficient (Wildman–Crippen LogP) is 2.55. The van der Waals surface area contributed by atoms with Crippen LogP contribution in [0.3, 0.4) is 0 Å². The first kappa shape index (κ1) is 18.6. The second-order valence-corrected chi connectivity index (χ2v) is 6.20. The molecule has 0 saturated carbocycles. The van der Waals surface area contributed by atoms with Crippen LogP contribution in [0.25, 0.3) is 5.69 Å². The van der Waals surface area contributed by atoms with E-state index in [9.17, 15) is 9.59 Å². The monoisotopic (exact) mass is 344 g/mol. The van der Waals surface area contributed by atoms with Gasteiger partial charge in [0.05, 0.1) is 17.8 Å². The number of benzene rings is 1. The molecule has 0 radical (unpaired) electrons. The molecule has 7 heteroatoms. The van der Waals surface area contributed by atoms with Crippen molar-refractivity contribution in [2.75, 3.05) is 6.54 Å². The highest BCUT2D eigenvalue weighted by molar-refractivity contribution is 5.93. The summed E-state index contributed by atoms with van der Waals surface area (Å²) >= 11 is 0. The van der Waals surface area contributed by atoms with E-state index in [1.807, 2.05) is 25.1 Å². The SMILES string of the molecule is CCCc1c(C(=O)NCCC(=O)O)nnn1-c1cccc(C(C)C)c1. The number of carboxylic acids is 1. The standard InChI is InChI=1S/C18H24N4O3/c1-4-6-15-17(18(25)19-10-9-16(23)24)20-21-22(15)14-8-5-7-13(11-14)12(2)3/h5,7-8,11-12H,4,6,9-10H2,1-3H3,(H,19,25)(H,23,24). The summed E-state index contributed by atoms with van der Waals surface area (Å²) in [5.41, 5.74) is 3.04. The van der Waals surface area contributed by atoms with E-state index in [1.165, 1.54) is 5.56 Å². The summed E-state index contributed by atoms with van der Waals surface area (Å²) in [6, 6.07) is 8.01. The van der Waals surface area contributed by atoms with Crippen LogP contribution < -0.4 is 5.32 Å². The van der Waals surface area contributed by atoms with Crippen molar-refractivity contribution in [2.45, 2.75) is 46.0 Å². The summed E-state index contributed by atoms with van der Waals surface area (Å²) in [5, 5.41) is 19.5. The lowest BCUT2D eigenvalue weighted by atomic mass is 10.0. The van der Waals surface area contributed by atoms with E-state index in [4.69, 9.17) is 5.11 Å². The van der Waals surface area contributed by atoms with Gasteiger partial charge in [0.25, 0.3) is 5.91 Å². The molecule has 2 aromatic rings. The molecule has 1 aromatic carbocycles. The van der Waals surface area contributed by atoms with Crippen LogP contribution in [0.4, 0.5) is 0 Å². The largest absolute Gasteiger partial charge is 0.481 e. The van der Waals surface area contributed by atoms with Gasteiger partial charge in [0.2, 0.25) is 0 Å². The highest BCUT2D eigenvalue weighted by Gasteiger charge is 2.20. The second-order valence-electron chi connectivity index (χ2n) is 6.20. The van der Waals surface area contributed by atoms with Crippen LogP contribution in [0, 0.1) is 0 Å². The maximum atomic E-state index is 12.3. The number of carbonyl (C=O) groups is 2. The fraction of sp³-hybridized carbons (Fsp3) is 0.444. The number of nitrogens with one attached hydrogen (secondary N) is 1. The molecule has 1 aromatic heterocycles. The molecule has 7 nitrogen and oxygen atoms in total. The first-order valence-electron chi connectivity index (χ1n) is 8.49. The summed E-state index contributed by atoms with van der Waals surface area (Å²) in [4.78, 5) is 22.9. The molecular formula is C18H24N4O3. The van der Waals surface area contributed by atoms with Crippen molar-refractivity contribution in [3.05, 3.63) is 41.2 Å². The third-order valence-electron chi connectivity index (χ3n) is 3.87. The van der Waals surface area contributed by atoms with Crippen LogP contribution in [-0.4, -0.2) is 38.5 Å². The Balaban J connectivity index is 2.31. The van der Waals surface area contributed by atoms with Gasteiger partial charge in [-0.3, -0.25) is 9.59 Å². The second kappa shape index (κ2) is 8.41. The maximum Gasteiger partial charge on any atom is 0.305 e. The van der Waals surface area contributed by atoms with Gasteiger partial charge in [-0.05, 0) is 30.0 Å². The van der Waals surface area contributed by atoms with E-state index in [0.717, 1.165) is 17.8 Å². The van der Waals surface area contributed by atoms with Gasteiger partial charge in [-0.25, -0.2) is 4.68 Å². The molecule has 0 saturated heterocycles. The summed E-state index contributed by atoms with van der Waals surface area (Å²) in [6.07, 6.45) is 1.37. The molecule has 1 heterocycles. The van der Waals surface area contributed by atoms with Gasteiger partial charge in [-0.2, -0.15) is 0 Å². The molecule has 0 unspecified atom stereocenters. The number of amides is 1. The predicted molar refractivity (Wildman–Crippen MR) is 94.0 cm³/mol. The van der Waals surface area contributed by atoms with Crippen molar-refractivity contribution >= 4 is 11.9 Å². The molecule has 1 amide bonds. The zero-order valence-electron chi connectivity index (χ0n) is 14.8. The fourth-order valence-electron chi connectivity index (χ4n) is 2.53. The highest BCUT2D eigenvalue weighted by Crippen LogP contribution is 2.20. The fourth-order valence-corrected chi connectivity index (χ4v) is 2.53. The van der Waals surface area contributed by atoms with Gasteiger partial charge in [-0.15, -0.1) is 5.10 Å². The van der Waals surface area contributed by atoms with Crippen LogP contribution in [0.2, 0.25) is 0 Å². The Morgan fingerprint density at radius 3 is 2.72 bits per heavy atom. The number of rotatable bonds is 8. The average molecular weight is 344 g/mol. The number of hydrogen-bond donors (Lipinski definition) is 2. The third-order valence-corrected chi connectivity index (χ3v) is 3.87. The van der Waals surface area contributed by atoms with E-state index in [0.29, 0.717) is 12.3 Å². The molecule has 0 atom stereocenters. The van der Waals surface area contributed by atoms with Crippen molar-refractivity contribution in [2.24, 2.45) is 0 Å². The molecule has 0 aliphatic heterocycles. The minimum absolute atomic E-state index is 0.0649. The number of aliphatic carboxylic acids is 1. The Morgan fingerprint density at radius 2 is 2.08 bits per heavy atom. The van der Waals surface area contributed by atoms with Crippen molar-refractivity contribution in [1.29, 1.82) is 0 Å². The molecule has 0 spiro atoms. The van der Waals surface area contributed by atoms with Crippen LogP contribution in [0.5, 0.6) is 0 Å². The Hall–Kier alpha value is -2.70. The number of carbonyl (C=O) groups excluding carboxylic acids is 1. The zero-order chi connectivity index (χ0) is 18.4. The van der Waals surface area contributed by atoms with Gasteiger partial charge in [-0.1, -0.05) is 44.5 Å². The van der Waals surface area contributed by atoms with Crippen molar-refractivity contribution in [1.82, 2.24) is 20.3 Å². The number of carboxylic acid groups (broad SMARTS) is 1. The van der Waals surface area contributed by atoms with Crippen LogP contribution in [0.15, 0.2) is 24.3 Å². The van der Waals surface area contributed by atoms with E-state index < -0.39 is 11.9 Å². The Kier molecular flexibility index (Phi) is 6.27. The molecule has 2 rings (SSSR count). The van der Waals surface area contributed by atoms with Crippen LogP contribution >= 0.6 is 0 Å². The lowest BCUT2D eigenvalue weighted by Crippen LogP contribution is -2.27. The Labute approximate surface area is 147 Å². The van der Waals surface area contributed by atoms with Crippen LogP contribution in [0.1, 0.15) is 61.3 Å². The highest BCUT2D eigenvalue weighted by atomic mass is 16.4. The molecule has 0 aliphatic rings. The molecule has 0 bridgehead atoms. The molecule has 2 N–H and O–H groups in total. The van der Waals surface area contributed by atoms with Crippen molar-refractivity contribution in [3.8, 4) is 5.69 Å². The van der Waals surface area contributed by atoms with Crippen molar-refractivity contribution < 1.29 is 14.7 Å². The molecular weight excluding hydrogens is 320 g/mol. The molecule has 134 valence electrons. The zero-order valence-corrected chi connectivity index (χ0v) is 14.8. The molecule has 0 fully saturated rings. The minimum Gasteiger partial charge on any atom is -0.481 e. The summed E-state index contributed by atoms with van der Waals surface area (Å²) in [6.45, 7) is 6.33. The molecule has 25 heavy (non-hydrogen) atoms. The topological polar surface area (TPSA) is 97.1 Å². The normalized spacial score (nSPS) is 10.9.